The SMILES string of the molecule is Cc1cccc(NC(=O)c2ccc(C=CC(=O)c3nc4ccccc4[nH]3)cc2)c1. The second kappa shape index (κ2) is 7.94. The van der Waals surface area contributed by atoms with Crippen LogP contribution < -0.4 is 5.32 Å². The predicted octanol–water partition coefficient (Wildman–Crippen LogP) is 5.02. The van der Waals surface area contributed by atoms with E-state index in [1.807, 2.05) is 55.5 Å². The molecule has 5 nitrogen and oxygen atoms in total. The molecule has 0 bridgehead atoms. The predicted molar refractivity (Wildman–Crippen MR) is 115 cm³/mol. The Labute approximate surface area is 168 Å². The number of hydrogen-bond acceptors (Lipinski definition) is 3. The number of rotatable bonds is 5. The van der Waals surface area contributed by atoms with E-state index in [9.17, 15) is 9.59 Å². The van der Waals surface area contributed by atoms with Gasteiger partial charge in [0.2, 0.25) is 5.78 Å². The van der Waals surface area contributed by atoms with Crippen molar-refractivity contribution in [1.29, 1.82) is 0 Å². The summed E-state index contributed by atoms with van der Waals surface area (Å²) < 4.78 is 0. The Morgan fingerprint density at radius 3 is 2.52 bits per heavy atom. The van der Waals surface area contributed by atoms with Gasteiger partial charge in [-0.2, -0.15) is 0 Å². The van der Waals surface area contributed by atoms with Crippen LogP contribution in [0.2, 0.25) is 0 Å². The van der Waals surface area contributed by atoms with Crippen molar-refractivity contribution in [3.63, 3.8) is 0 Å². The third-order valence-electron chi connectivity index (χ3n) is 4.50. The number of allylic oxidation sites excluding steroid dienone is 1. The minimum Gasteiger partial charge on any atom is -0.335 e. The van der Waals surface area contributed by atoms with Crippen molar-refractivity contribution in [2.45, 2.75) is 6.92 Å². The normalized spacial score (nSPS) is 11.1. The summed E-state index contributed by atoms with van der Waals surface area (Å²) in [4.78, 5) is 32.0. The van der Waals surface area contributed by atoms with Crippen LogP contribution >= 0.6 is 0 Å². The van der Waals surface area contributed by atoms with Crippen molar-refractivity contribution < 1.29 is 9.59 Å². The van der Waals surface area contributed by atoms with E-state index in [0.29, 0.717) is 11.4 Å². The van der Waals surface area contributed by atoms with Gasteiger partial charge in [0.1, 0.15) is 0 Å². The molecule has 1 aromatic heterocycles. The third-order valence-corrected chi connectivity index (χ3v) is 4.50. The number of H-pyrrole nitrogens is 1. The Kier molecular flexibility index (Phi) is 5.03. The zero-order chi connectivity index (χ0) is 20.2. The Hall–Kier alpha value is -3.99. The average Bonchev–Trinajstić information content (AvgIpc) is 3.17. The number of nitrogens with one attached hydrogen (secondary N) is 2. The van der Waals surface area contributed by atoms with Gasteiger partial charge in [-0.3, -0.25) is 9.59 Å². The minimum atomic E-state index is -0.206. The summed E-state index contributed by atoms with van der Waals surface area (Å²) in [6.45, 7) is 1.98. The number of aryl methyl sites for hydroxylation is 1. The van der Waals surface area contributed by atoms with Crippen LogP contribution in [-0.2, 0) is 0 Å². The van der Waals surface area contributed by atoms with Crippen LogP contribution in [0, 0.1) is 6.92 Å². The zero-order valence-corrected chi connectivity index (χ0v) is 15.8. The number of amides is 1. The molecule has 0 saturated heterocycles. The lowest BCUT2D eigenvalue weighted by atomic mass is 10.1. The number of nitrogens with zero attached hydrogens (tertiary/aromatic N) is 1. The quantitative estimate of drug-likeness (QED) is 0.376. The lowest BCUT2D eigenvalue weighted by Gasteiger charge is -2.06. The molecule has 4 aromatic rings. The van der Waals surface area contributed by atoms with Crippen LogP contribution in [0.5, 0.6) is 0 Å². The third kappa shape index (κ3) is 4.30. The van der Waals surface area contributed by atoms with Crippen LogP contribution in [0.3, 0.4) is 0 Å². The van der Waals surface area contributed by atoms with Crippen LogP contribution in [0.25, 0.3) is 17.1 Å². The summed E-state index contributed by atoms with van der Waals surface area (Å²) in [7, 11) is 0. The molecule has 142 valence electrons. The minimum absolute atomic E-state index is 0.176. The average molecular weight is 381 g/mol. The van der Waals surface area contributed by atoms with Crippen LogP contribution in [0.15, 0.2) is 78.9 Å². The van der Waals surface area contributed by atoms with Gasteiger partial charge >= 0.3 is 0 Å². The first-order chi connectivity index (χ1) is 14.1. The van der Waals surface area contributed by atoms with Gasteiger partial charge in [0.05, 0.1) is 11.0 Å². The molecule has 0 saturated carbocycles. The topological polar surface area (TPSA) is 74.8 Å². The number of para-hydroxylation sites is 2. The van der Waals surface area contributed by atoms with Gasteiger partial charge in [0, 0.05) is 11.3 Å². The summed E-state index contributed by atoms with van der Waals surface area (Å²) >= 11 is 0. The molecule has 0 fully saturated rings. The molecule has 29 heavy (non-hydrogen) atoms. The summed E-state index contributed by atoms with van der Waals surface area (Å²) in [6, 6.07) is 22.2. The van der Waals surface area contributed by atoms with E-state index in [1.54, 1.807) is 30.3 Å². The maximum atomic E-state index is 12.4. The fourth-order valence-electron chi connectivity index (χ4n) is 2.99. The van der Waals surface area contributed by atoms with Gasteiger partial charge in [-0.05, 0) is 60.5 Å². The highest BCUT2D eigenvalue weighted by Crippen LogP contribution is 2.14. The van der Waals surface area contributed by atoms with E-state index in [0.717, 1.165) is 27.8 Å². The molecule has 2 N–H and O–H groups in total. The molecule has 5 heteroatoms. The molecule has 1 heterocycles. The van der Waals surface area contributed by atoms with Crippen molar-refractivity contribution in [1.82, 2.24) is 9.97 Å². The summed E-state index contributed by atoms with van der Waals surface area (Å²) in [5.74, 6) is -0.0800. The summed E-state index contributed by atoms with van der Waals surface area (Å²) in [5.41, 5.74) is 4.79. The van der Waals surface area contributed by atoms with Crippen LogP contribution in [0.1, 0.15) is 32.1 Å². The first kappa shape index (κ1) is 18.4. The first-order valence-corrected chi connectivity index (χ1v) is 9.24. The lowest BCUT2D eigenvalue weighted by molar-refractivity contribution is 0.102. The number of imidazole rings is 1. The molecule has 0 aliphatic rings. The van der Waals surface area contributed by atoms with E-state index in [2.05, 4.69) is 15.3 Å². The molecule has 0 spiro atoms. The van der Waals surface area contributed by atoms with Crippen molar-refractivity contribution in [3.05, 3.63) is 101 Å². The maximum absolute atomic E-state index is 12.4. The van der Waals surface area contributed by atoms with E-state index in [-0.39, 0.29) is 11.7 Å². The van der Waals surface area contributed by atoms with Gasteiger partial charge < -0.3 is 10.3 Å². The Bertz CT molecular complexity index is 1190. The van der Waals surface area contributed by atoms with Gasteiger partial charge in [-0.25, -0.2) is 4.98 Å². The molecule has 0 aliphatic heterocycles. The number of ketones is 1. The molecular formula is C24H19N3O2. The van der Waals surface area contributed by atoms with E-state index in [4.69, 9.17) is 0 Å². The van der Waals surface area contributed by atoms with Crippen molar-refractivity contribution >= 4 is 34.5 Å². The number of aromatic amines is 1. The number of aromatic nitrogens is 2. The maximum Gasteiger partial charge on any atom is 0.255 e. The van der Waals surface area contributed by atoms with Gasteiger partial charge in [-0.15, -0.1) is 0 Å². The van der Waals surface area contributed by atoms with Gasteiger partial charge in [0.15, 0.2) is 5.82 Å². The molecule has 0 atom stereocenters. The largest absolute Gasteiger partial charge is 0.335 e. The van der Waals surface area contributed by atoms with Crippen LogP contribution in [0.4, 0.5) is 5.69 Å². The van der Waals surface area contributed by atoms with E-state index in [1.165, 1.54) is 6.08 Å². The van der Waals surface area contributed by atoms with E-state index >= 15 is 0 Å². The highest BCUT2D eigenvalue weighted by atomic mass is 16.1. The monoisotopic (exact) mass is 381 g/mol. The number of fused-ring (bicyclic) bond motifs is 1. The number of carbonyl (C=O) groups excluding carboxylic acids is 2. The Balaban J connectivity index is 1.43. The summed E-state index contributed by atoms with van der Waals surface area (Å²) in [6.07, 6.45) is 3.18. The molecule has 4 rings (SSSR count). The molecule has 0 radical (unpaired) electrons. The molecule has 0 aliphatic carbocycles. The zero-order valence-electron chi connectivity index (χ0n) is 15.8. The van der Waals surface area contributed by atoms with Crippen molar-refractivity contribution in [2.75, 3.05) is 5.32 Å². The molecule has 3 aromatic carbocycles. The second-order valence-electron chi connectivity index (χ2n) is 6.75. The van der Waals surface area contributed by atoms with E-state index < -0.39 is 0 Å². The Morgan fingerprint density at radius 1 is 0.966 bits per heavy atom. The fraction of sp³-hybridized carbons (Fsp3) is 0.0417. The highest BCUT2D eigenvalue weighted by Gasteiger charge is 2.09. The number of carbonyl (C=O) groups is 2. The summed E-state index contributed by atoms with van der Waals surface area (Å²) in [5, 5.41) is 2.88. The number of anilines is 1. The standard InChI is InChI=1S/C24H19N3O2/c1-16-5-4-6-19(15-16)25-24(29)18-12-9-17(10-13-18)11-14-22(28)23-26-20-7-2-3-8-21(20)27-23/h2-15H,1H3,(H,25,29)(H,26,27). The Morgan fingerprint density at radius 2 is 1.76 bits per heavy atom. The highest BCUT2D eigenvalue weighted by molar-refractivity contribution is 6.06. The van der Waals surface area contributed by atoms with Gasteiger partial charge in [-0.1, -0.05) is 42.5 Å². The molecule has 1 amide bonds. The van der Waals surface area contributed by atoms with Crippen molar-refractivity contribution in [2.24, 2.45) is 0 Å². The second-order valence-corrected chi connectivity index (χ2v) is 6.75. The fourth-order valence-corrected chi connectivity index (χ4v) is 2.99. The lowest BCUT2D eigenvalue weighted by Crippen LogP contribution is -2.11. The number of benzene rings is 3. The van der Waals surface area contributed by atoms with Crippen molar-refractivity contribution in [3.8, 4) is 0 Å². The number of hydrogen-bond donors (Lipinski definition) is 2. The molecular weight excluding hydrogens is 362 g/mol. The first-order valence-electron chi connectivity index (χ1n) is 9.24. The van der Waals surface area contributed by atoms with Crippen LogP contribution in [-0.4, -0.2) is 21.7 Å². The smallest absolute Gasteiger partial charge is 0.255 e. The van der Waals surface area contributed by atoms with Gasteiger partial charge in [0.25, 0.3) is 5.91 Å². The molecule has 0 unspecified atom stereocenters.